The fraction of sp³-hybridized carbons (Fsp3) is 0.368. The monoisotopic (exact) mass is 329 g/mol. The predicted molar refractivity (Wildman–Crippen MR) is 91.5 cm³/mol. The Labute approximate surface area is 141 Å². The Morgan fingerprint density at radius 3 is 2.58 bits per heavy atom. The quantitative estimate of drug-likeness (QED) is 0.350. The van der Waals surface area contributed by atoms with E-state index in [4.69, 9.17) is 9.94 Å². The van der Waals surface area contributed by atoms with Crippen LogP contribution < -0.4 is 5.48 Å². The Kier molecular flexibility index (Phi) is 6.32. The van der Waals surface area contributed by atoms with Gasteiger partial charge < -0.3 is 4.74 Å². The van der Waals surface area contributed by atoms with E-state index in [1.54, 1.807) is 36.7 Å². The summed E-state index contributed by atoms with van der Waals surface area (Å²) in [5.41, 5.74) is 5.13. The zero-order valence-corrected chi connectivity index (χ0v) is 14.1. The van der Waals surface area contributed by atoms with E-state index in [9.17, 15) is 9.59 Å². The number of hydrogen-bond donors (Lipinski definition) is 2. The summed E-state index contributed by atoms with van der Waals surface area (Å²) in [5, 5.41) is 8.87. The molecule has 0 aromatic carbocycles. The van der Waals surface area contributed by atoms with E-state index in [-0.39, 0.29) is 5.97 Å². The summed E-state index contributed by atoms with van der Waals surface area (Å²) in [6, 6.07) is 8.69. The van der Waals surface area contributed by atoms with Crippen LogP contribution in [0.5, 0.6) is 0 Å². The molecule has 2 N–H and O–H groups in total. The number of unbranched alkanes of at least 4 members (excludes halogenated alkanes) is 2. The number of rotatable bonds is 7. The second-order valence-corrected chi connectivity index (χ2v) is 5.65. The molecular weight excluding hydrogens is 306 g/mol. The molecule has 0 bridgehead atoms. The molecule has 0 aromatic heterocycles. The van der Waals surface area contributed by atoms with Gasteiger partial charge in [-0.05, 0) is 54.7 Å². The van der Waals surface area contributed by atoms with E-state index in [0.717, 1.165) is 42.4 Å². The van der Waals surface area contributed by atoms with Crippen molar-refractivity contribution < 1.29 is 19.5 Å². The standard InChI is InChI=1S/C19H23NO4/c1-3-5-6-8-13-11-17(19(22)24-4-2)15-10-7-9-14(12-16(13)15)18(21)20-23/h7,9-12,23H,3-6,8H2,1-2H3,(H,20,21). The summed E-state index contributed by atoms with van der Waals surface area (Å²) in [7, 11) is 0. The molecule has 128 valence electrons. The number of ether oxygens (including phenoxy) is 1. The number of amides is 1. The van der Waals surface area contributed by atoms with Crippen LogP contribution in [0.25, 0.3) is 11.1 Å². The lowest BCUT2D eigenvalue weighted by Gasteiger charge is -2.03. The van der Waals surface area contributed by atoms with Gasteiger partial charge in [-0.15, -0.1) is 0 Å². The van der Waals surface area contributed by atoms with Crippen LogP contribution in [-0.4, -0.2) is 23.7 Å². The van der Waals surface area contributed by atoms with Gasteiger partial charge in [-0.3, -0.25) is 10.0 Å². The van der Waals surface area contributed by atoms with Gasteiger partial charge in [-0.2, -0.15) is 0 Å². The smallest absolute Gasteiger partial charge is 0.338 e. The highest BCUT2D eigenvalue weighted by Crippen LogP contribution is 2.34. The number of fused-ring (bicyclic) bond motifs is 1. The molecule has 0 spiro atoms. The third-order valence-electron chi connectivity index (χ3n) is 3.99. The average Bonchev–Trinajstić information content (AvgIpc) is 2.77. The van der Waals surface area contributed by atoms with Crippen LogP contribution in [0.2, 0.25) is 0 Å². The van der Waals surface area contributed by atoms with Gasteiger partial charge in [0, 0.05) is 5.56 Å². The Morgan fingerprint density at radius 1 is 1.12 bits per heavy atom. The van der Waals surface area contributed by atoms with Gasteiger partial charge in [0.05, 0.1) is 12.2 Å². The summed E-state index contributed by atoms with van der Waals surface area (Å²) in [6.45, 7) is 4.22. The second kappa shape index (κ2) is 8.45. The van der Waals surface area contributed by atoms with E-state index < -0.39 is 5.91 Å². The van der Waals surface area contributed by atoms with Crippen molar-refractivity contribution in [3.05, 3.63) is 47.0 Å². The Hall–Kier alpha value is -2.40. The largest absolute Gasteiger partial charge is 0.462 e. The van der Waals surface area contributed by atoms with Gasteiger partial charge in [0.1, 0.15) is 0 Å². The third kappa shape index (κ3) is 3.92. The molecule has 0 radical (unpaired) electrons. The van der Waals surface area contributed by atoms with E-state index in [1.807, 2.05) is 6.07 Å². The van der Waals surface area contributed by atoms with Crippen LogP contribution in [-0.2, 0) is 11.2 Å². The molecular formula is C19H23NO4. The summed E-state index contributed by atoms with van der Waals surface area (Å²) in [6.07, 6.45) is 4.05. The molecule has 0 fully saturated rings. The summed E-state index contributed by atoms with van der Waals surface area (Å²) >= 11 is 0. The lowest BCUT2D eigenvalue weighted by molar-refractivity contribution is 0.0527. The molecule has 2 aliphatic carbocycles. The normalized spacial score (nSPS) is 10.6. The zero-order valence-electron chi connectivity index (χ0n) is 14.1. The molecule has 24 heavy (non-hydrogen) atoms. The topological polar surface area (TPSA) is 75.6 Å². The lowest BCUT2D eigenvalue weighted by atomic mass is 10.0. The highest BCUT2D eigenvalue weighted by atomic mass is 16.5. The van der Waals surface area contributed by atoms with Crippen molar-refractivity contribution in [2.24, 2.45) is 0 Å². The molecule has 1 amide bonds. The minimum absolute atomic E-state index is 0.313. The van der Waals surface area contributed by atoms with E-state index >= 15 is 0 Å². The average molecular weight is 329 g/mol. The van der Waals surface area contributed by atoms with Crippen LogP contribution in [0, 0.1) is 0 Å². The zero-order chi connectivity index (χ0) is 17.5. The van der Waals surface area contributed by atoms with E-state index in [1.165, 1.54) is 0 Å². The SMILES string of the molecule is CCCCCc1cc(C(=O)OCC)c2cccc(C(=O)NO)cc1-2. The van der Waals surface area contributed by atoms with Gasteiger partial charge >= 0.3 is 5.97 Å². The summed E-state index contributed by atoms with van der Waals surface area (Å²) in [5.74, 6) is -0.936. The third-order valence-corrected chi connectivity index (χ3v) is 3.99. The number of carbonyl (C=O) groups is 2. The molecule has 2 aliphatic rings. The summed E-state index contributed by atoms with van der Waals surface area (Å²) in [4.78, 5) is 24.0. The van der Waals surface area contributed by atoms with Crippen molar-refractivity contribution >= 4 is 11.9 Å². The maximum absolute atomic E-state index is 12.2. The van der Waals surface area contributed by atoms with Crippen LogP contribution in [0.15, 0.2) is 30.3 Å². The van der Waals surface area contributed by atoms with Gasteiger partial charge in [0.15, 0.2) is 0 Å². The molecule has 0 heterocycles. The highest BCUT2D eigenvalue weighted by Gasteiger charge is 2.21. The Bertz CT molecular complexity index is 696. The van der Waals surface area contributed by atoms with Crippen LogP contribution in [0.1, 0.15) is 59.4 Å². The highest BCUT2D eigenvalue weighted by molar-refractivity contribution is 6.01. The van der Waals surface area contributed by atoms with E-state index in [0.29, 0.717) is 17.7 Å². The van der Waals surface area contributed by atoms with Gasteiger partial charge in [0.25, 0.3) is 5.91 Å². The molecule has 5 heteroatoms. The molecule has 2 rings (SSSR count). The number of nitrogens with one attached hydrogen (secondary N) is 1. The van der Waals surface area contributed by atoms with Crippen molar-refractivity contribution in [2.75, 3.05) is 6.61 Å². The number of esters is 1. The fourth-order valence-electron chi connectivity index (χ4n) is 2.81. The van der Waals surface area contributed by atoms with E-state index in [2.05, 4.69) is 6.92 Å². The molecule has 0 saturated heterocycles. The molecule has 0 saturated carbocycles. The van der Waals surface area contributed by atoms with Gasteiger partial charge in [0.2, 0.25) is 0 Å². The fourth-order valence-corrected chi connectivity index (χ4v) is 2.81. The van der Waals surface area contributed by atoms with Crippen molar-refractivity contribution in [2.45, 2.75) is 39.5 Å². The lowest BCUT2D eigenvalue weighted by Crippen LogP contribution is -2.18. The first kappa shape index (κ1) is 17.9. The number of hydrogen-bond acceptors (Lipinski definition) is 4. The van der Waals surface area contributed by atoms with Gasteiger partial charge in [-0.1, -0.05) is 31.9 Å². The Balaban J connectivity index is 2.50. The molecule has 0 aromatic rings. The van der Waals surface area contributed by atoms with Gasteiger partial charge in [-0.25, -0.2) is 10.3 Å². The van der Waals surface area contributed by atoms with Crippen molar-refractivity contribution in [1.29, 1.82) is 0 Å². The first-order valence-corrected chi connectivity index (χ1v) is 8.29. The number of carbonyl (C=O) groups excluding carboxylic acids is 2. The minimum atomic E-state index is -0.578. The molecule has 5 nitrogen and oxygen atoms in total. The molecule has 0 atom stereocenters. The molecule has 0 aliphatic heterocycles. The summed E-state index contributed by atoms with van der Waals surface area (Å²) < 4.78 is 5.15. The molecule has 0 unspecified atom stereocenters. The first-order chi connectivity index (χ1) is 11.6. The maximum Gasteiger partial charge on any atom is 0.338 e. The predicted octanol–water partition coefficient (Wildman–Crippen LogP) is 3.82. The van der Waals surface area contributed by atoms with Crippen molar-refractivity contribution in [1.82, 2.24) is 5.48 Å². The first-order valence-electron chi connectivity index (χ1n) is 8.29. The minimum Gasteiger partial charge on any atom is -0.462 e. The number of hydroxylamine groups is 1. The second-order valence-electron chi connectivity index (χ2n) is 5.65. The van der Waals surface area contributed by atoms with Crippen LogP contribution in [0.3, 0.4) is 0 Å². The van der Waals surface area contributed by atoms with Crippen molar-refractivity contribution in [3.8, 4) is 11.1 Å². The number of aryl methyl sites for hydroxylation is 1. The van der Waals surface area contributed by atoms with Crippen molar-refractivity contribution in [3.63, 3.8) is 0 Å². The van der Waals surface area contributed by atoms with Crippen LogP contribution in [0.4, 0.5) is 0 Å². The van der Waals surface area contributed by atoms with Crippen LogP contribution >= 0.6 is 0 Å². The Morgan fingerprint density at radius 2 is 1.92 bits per heavy atom. The maximum atomic E-state index is 12.2.